The highest BCUT2D eigenvalue weighted by Gasteiger charge is 2.11. The maximum Gasteiger partial charge on any atom is 0.203 e. The Morgan fingerprint density at radius 1 is 1.36 bits per heavy atom. The van der Waals surface area contributed by atoms with Crippen LogP contribution in [-0.2, 0) is 0 Å². The Labute approximate surface area is 88.3 Å². The van der Waals surface area contributed by atoms with Crippen molar-refractivity contribution in [1.29, 1.82) is 0 Å². The van der Waals surface area contributed by atoms with Gasteiger partial charge in [0.15, 0.2) is 10.8 Å². The number of halogens is 2. The first-order valence-corrected chi connectivity index (χ1v) is 4.91. The summed E-state index contributed by atoms with van der Waals surface area (Å²) in [5, 5.41) is 8.14. The SMILES string of the molecule is Nc1nnc(-c2cccc(Cl)c2F)s1. The molecule has 0 aliphatic heterocycles. The Morgan fingerprint density at radius 3 is 2.79 bits per heavy atom. The molecule has 72 valence electrons. The summed E-state index contributed by atoms with van der Waals surface area (Å²) in [7, 11) is 0. The molecule has 0 fully saturated rings. The van der Waals surface area contributed by atoms with E-state index in [1.54, 1.807) is 12.1 Å². The first-order chi connectivity index (χ1) is 6.68. The number of hydrogen-bond donors (Lipinski definition) is 1. The van der Waals surface area contributed by atoms with Crippen LogP contribution in [0.2, 0.25) is 5.02 Å². The van der Waals surface area contributed by atoms with Gasteiger partial charge in [-0.1, -0.05) is 29.0 Å². The van der Waals surface area contributed by atoms with Gasteiger partial charge in [-0.05, 0) is 12.1 Å². The number of anilines is 1. The fraction of sp³-hybridized carbons (Fsp3) is 0. The Hall–Kier alpha value is -1.20. The smallest absolute Gasteiger partial charge is 0.203 e. The summed E-state index contributed by atoms with van der Waals surface area (Å²) >= 11 is 6.74. The van der Waals surface area contributed by atoms with Crippen molar-refractivity contribution < 1.29 is 4.39 Å². The molecule has 0 saturated carbocycles. The van der Waals surface area contributed by atoms with Gasteiger partial charge in [0, 0.05) is 5.56 Å². The Bertz CT molecular complexity index is 471. The van der Waals surface area contributed by atoms with Gasteiger partial charge in [0.1, 0.15) is 0 Å². The van der Waals surface area contributed by atoms with E-state index in [1.807, 2.05) is 0 Å². The average Bonchev–Trinajstić information content (AvgIpc) is 2.57. The van der Waals surface area contributed by atoms with Gasteiger partial charge < -0.3 is 5.73 Å². The molecule has 1 aromatic carbocycles. The van der Waals surface area contributed by atoms with Crippen molar-refractivity contribution in [2.45, 2.75) is 0 Å². The third-order valence-corrected chi connectivity index (χ3v) is 2.70. The quantitative estimate of drug-likeness (QED) is 0.818. The number of rotatable bonds is 1. The number of nitrogens with two attached hydrogens (primary N) is 1. The van der Waals surface area contributed by atoms with Crippen molar-refractivity contribution in [3.63, 3.8) is 0 Å². The number of hydrogen-bond acceptors (Lipinski definition) is 4. The van der Waals surface area contributed by atoms with Crippen LogP contribution in [0.3, 0.4) is 0 Å². The highest BCUT2D eigenvalue weighted by atomic mass is 35.5. The minimum Gasteiger partial charge on any atom is -0.374 e. The molecule has 2 N–H and O–H groups in total. The van der Waals surface area contributed by atoms with Crippen LogP contribution in [0.25, 0.3) is 10.6 Å². The fourth-order valence-corrected chi connectivity index (χ4v) is 1.82. The molecule has 3 nitrogen and oxygen atoms in total. The first-order valence-electron chi connectivity index (χ1n) is 3.72. The van der Waals surface area contributed by atoms with Crippen molar-refractivity contribution in [2.75, 3.05) is 5.73 Å². The third-order valence-electron chi connectivity index (χ3n) is 1.62. The summed E-state index contributed by atoms with van der Waals surface area (Å²) in [5.74, 6) is -0.495. The van der Waals surface area contributed by atoms with Crippen LogP contribution in [0.4, 0.5) is 9.52 Å². The molecule has 0 unspecified atom stereocenters. The molecule has 0 saturated heterocycles. The normalized spacial score (nSPS) is 10.4. The molecule has 0 bridgehead atoms. The molecule has 6 heteroatoms. The lowest BCUT2D eigenvalue weighted by Gasteiger charge is -1.98. The second-order valence-corrected chi connectivity index (χ2v) is 3.96. The topological polar surface area (TPSA) is 51.8 Å². The fourth-order valence-electron chi connectivity index (χ4n) is 1.01. The molecule has 0 aliphatic carbocycles. The van der Waals surface area contributed by atoms with E-state index in [2.05, 4.69) is 10.2 Å². The van der Waals surface area contributed by atoms with E-state index in [0.717, 1.165) is 11.3 Å². The van der Waals surface area contributed by atoms with Crippen LogP contribution in [0.1, 0.15) is 0 Å². The number of nitrogen functional groups attached to an aromatic ring is 1. The summed E-state index contributed by atoms with van der Waals surface area (Å²) in [6.07, 6.45) is 0. The summed E-state index contributed by atoms with van der Waals surface area (Å²) in [6, 6.07) is 4.71. The Morgan fingerprint density at radius 2 is 2.14 bits per heavy atom. The predicted molar refractivity (Wildman–Crippen MR) is 54.7 cm³/mol. The van der Waals surface area contributed by atoms with Crippen LogP contribution < -0.4 is 5.73 Å². The van der Waals surface area contributed by atoms with Crippen LogP contribution >= 0.6 is 22.9 Å². The zero-order chi connectivity index (χ0) is 10.1. The van der Waals surface area contributed by atoms with Gasteiger partial charge in [0.25, 0.3) is 0 Å². The highest BCUT2D eigenvalue weighted by molar-refractivity contribution is 7.18. The van der Waals surface area contributed by atoms with Crippen LogP contribution in [0.5, 0.6) is 0 Å². The van der Waals surface area contributed by atoms with E-state index >= 15 is 0 Å². The van der Waals surface area contributed by atoms with Crippen LogP contribution in [0.15, 0.2) is 18.2 Å². The van der Waals surface area contributed by atoms with Gasteiger partial charge in [0.2, 0.25) is 5.13 Å². The van der Waals surface area contributed by atoms with E-state index in [4.69, 9.17) is 17.3 Å². The lowest BCUT2D eigenvalue weighted by atomic mass is 10.2. The predicted octanol–water partition coefficient (Wildman–Crippen LogP) is 2.58. The molecule has 0 spiro atoms. The zero-order valence-electron chi connectivity index (χ0n) is 6.87. The lowest BCUT2D eigenvalue weighted by Crippen LogP contribution is -1.84. The molecule has 1 aromatic heterocycles. The first kappa shape index (κ1) is 9.36. The van der Waals surface area contributed by atoms with Crippen molar-refractivity contribution in [3.8, 4) is 10.6 Å². The summed E-state index contributed by atoms with van der Waals surface area (Å²) in [5.41, 5.74) is 5.72. The average molecular weight is 230 g/mol. The summed E-state index contributed by atoms with van der Waals surface area (Å²) in [6.45, 7) is 0. The Kier molecular flexibility index (Phi) is 2.35. The van der Waals surface area contributed by atoms with Crippen molar-refractivity contribution in [1.82, 2.24) is 10.2 Å². The van der Waals surface area contributed by atoms with Gasteiger partial charge in [-0.3, -0.25) is 0 Å². The van der Waals surface area contributed by atoms with E-state index < -0.39 is 5.82 Å². The summed E-state index contributed by atoms with van der Waals surface area (Å²) < 4.78 is 13.5. The highest BCUT2D eigenvalue weighted by Crippen LogP contribution is 2.30. The van der Waals surface area contributed by atoms with Crippen molar-refractivity contribution >= 4 is 28.1 Å². The maximum atomic E-state index is 13.5. The summed E-state index contributed by atoms with van der Waals surface area (Å²) in [4.78, 5) is 0. The zero-order valence-corrected chi connectivity index (χ0v) is 8.44. The molecule has 2 rings (SSSR count). The van der Waals surface area contributed by atoms with Crippen molar-refractivity contribution in [2.24, 2.45) is 0 Å². The van der Waals surface area contributed by atoms with E-state index in [9.17, 15) is 4.39 Å². The second kappa shape index (κ2) is 3.51. The largest absolute Gasteiger partial charge is 0.374 e. The van der Waals surface area contributed by atoms with E-state index in [-0.39, 0.29) is 5.02 Å². The molecular weight excluding hydrogens is 225 g/mol. The second-order valence-electron chi connectivity index (χ2n) is 2.55. The lowest BCUT2D eigenvalue weighted by molar-refractivity contribution is 0.631. The maximum absolute atomic E-state index is 13.5. The molecule has 14 heavy (non-hydrogen) atoms. The minimum atomic E-state index is -0.495. The standard InChI is InChI=1S/C8H5ClFN3S/c9-5-3-1-2-4(6(5)10)7-12-13-8(11)14-7/h1-3H,(H2,11,13). The van der Waals surface area contributed by atoms with Gasteiger partial charge in [0.05, 0.1) is 5.02 Å². The molecular formula is C8H5ClFN3S. The number of nitrogens with zero attached hydrogens (tertiary/aromatic N) is 2. The molecule has 0 amide bonds. The van der Waals surface area contributed by atoms with Gasteiger partial charge >= 0.3 is 0 Å². The molecule has 0 atom stereocenters. The monoisotopic (exact) mass is 229 g/mol. The molecule has 2 aromatic rings. The van der Waals surface area contributed by atoms with Gasteiger partial charge in [-0.15, -0.1) is 10.2 Å². The van der Waals surface area contributed by atoms with E-state index in [1.165, 1.54) is 6.07 Å². The van der Waals surface area contributed by atoms with Crippen molar-refractivity contribution in [3.05, 3.63) is 29.0 Å². The Balaban J connectivity index is 2.57. The van der Waals surface area contributed by atoms with Gasteiger partial charge in [-0.25, -0.2) is 4.39 Å². The number of benzene rings is 1. The van der Waals surface area contributed by atoms with E-state index in [0.29, 0.717) is 15.7 Å². The van der Waals surface area contributed by atoms with Crippen LogP contribution in [-0.4, -0.2) is 10.2 Å². The third kappa shape index (κ3) is 1.56. The van der Waals surface area contributed by atoms with Crippen LogP contribution in [0, 0.1) is 5.82 Å². The molecule has 0 radical (unpaired) electrons. The minimum absolute atomic E-state index is 0.0660. The van der Waals surface area contributed by atoms with Gasteiger partial charge in [-0.2, -0.15) is 0 Å². The molecule has 1 heterocycles. The number of aromatic nitrogens is 2. The molecule has 0 aliphatic rings.